The molecular weight excluding hydrogens is 623 g/mol. The monoisotopic (exact) mass is 660 g/mol. The van der Waals surface area contributed by atoms with E-state index in [1.807, 2.05) is 48.5 Å². The van der Waals surface area contributed by atoms with Gasteiger partial charge in [-0.15, -0.1) is 0 Å². The maximum absolute atomic E-state index is 15.7. The highest BCUT2D eigenvalue weighted by molar-refractivity contribution is 6.02. The number of fused-ring (bicyclic) bond motifs is 2. The summed E-state index contributed by atoms with van der Waals surface area (Å²) in [5.74, 6) is 0.543. The summed E-state index contributed by atoms with van der Waals surface area (Å²) in [4.78, 5) is 42.2. The van der Waals surface area contributed by atoms with Gasteiger partial charge in [-0.1, -0.05) is 54.6 Å². The third-order valence-electron chi connectivity index (χ3n) is 9.17. The highest BCUT2D eigenvalue weighted by Crippen LogP contribution is 2.36. The first-order valence-corrected chi connectivity index (χ1v) is 16.3. The van der Waals surface area contributed by atoms with Crippen molar-refractivity contribution in [2.45, 2.75) is 19.0 Å². The SMILES string of the molecule is COc1cc2ncnc(Nc3ccc(CC(=O)C(c4ccccc4)N4Cc5ccccc5C4=O)cc3F)c2cc1OCN1CCN(C)CC1. The van der Waals surface area contributed by atoms with E-state index < -0.39 is 11.9 Å². The number of halogens is 1. The Bertz CT molecular complexity index is 2000. The molecule has 0 spiro atoms. The molecule has 0 radical (unpaired) electrons. The Morgan fingerprint density at radius 2 is 1.71 bits per heavy atom. The Kier molecular flexibility index (Phi) is 9.19. The minimum atomic E-state index is -0.806. The van der Waals surface area contributed by atoms with Crippen LogP contribution in [0.15, 0.2) is 91.3 Å². The molecule has 4 aromatic carbocycles. The number of Topliss-reactive ketones (excluding diaryl/α,β-unsaturated/α-hetero) is 1. The normalized spacial score (nSPS) is 15.7. The maximum Gasteiger partial charge on any atom is 0.255 e. The van der Waals surface area contributed by atoms with Crippen molar-refractivity contribution in [3.8, 4) is 11.5 Å². The van der Waals surface area contributed by atoms with Gasteiger partial charge in [0, 0.05) is 56.2 Å². The standard InChI is InChI=1S/C38H37FN6O4/c1-43-14-16-44(17-15-43)24-49-35-20-29-32(21-34(35)48-2)40-23-41-37(29)42-31-13-12-25(18-30(31)39)19-33(46)36(26-8-4-3-5-9-26)45-22-27-10-6-7-11-28(27)38(45)47/h3-13,18,20-21,23,36H,14-17,19,22,24H2,1-2H3,(H,40,41,42). The highest BCUT2D eigenvalue weighted by Gasteiger charge is 2.37. The molecule has 1 saturated heterocycles. The van der Waals surface area contributed by atoms with Crippen LogP contribution in [0.25, 0.3) is 10.9 Å². The van der Waals surface area contributed by atoms with Crippen molar-refractivity contribution in [1.82, 2.24) is 24.7 Å². The van der Waals surface area contributed by atoms with Crippen LogP contribution in [0.4, 0.5) is 15.9 Å². The third kappa shape index (κ3) is 6.81. The van der Waals surface area contributed by atoms with Crippen molar-refractivity contribution >= 4 is 34.1 Å². The number of methoxy groups -OCH3 is 1. The number of carbonyl (C=O) groups excluding carboxylic acids is 2. The van der Waals surface area contributed by atoms with Gasteiger partial charge in [0.15, 0.2) is 17.3 Å². The van der Waals surface area contributed by atoms with Crippen LogP contribution in [0.1, 0.15) is 33.1 Å². The Morgan fingerprint density at radius 1 is 0.939 bits per heavy atom. The van der Waals surface area contributed by atoms with Gasteiger partial charge in [-0.05, 0) is 48.0 Å². The molecule has 1 atom stereocenters. The number of amides is 1. The van der Waals surface area contributed by atoms with Crippen molar-refractivity contribution in [2.24, 2.45) is 0 Å². The van der Waals surface area contributed by atoms with Crippen LogP contribution in [0.3, 0.4) is 0 Å². The van der Waals surface area contributed by atoms with Gasteiger partial charge >= 0.3 is 0 Å². The van der Waals surface area contributed by atoms with E-state index in [1.165, 1.54) is 12.4 Å². The number of aromatic nitrogens is 2. The van der Waals surface area contributed by atoms with Crippen LogP contribution in [-0.4, -0.2) is 83.4 Å². The van der Waals surface area contributed by atoms with Crippen LogP contribution in [-0.2, 0) is 17.8 Å². The second kappa shape index (κ2) is 14.0. The molecule has 2 aliphatic rings. The average Bonchev–Trinajstić information content (AvgIpc) is 3.44. The molecule has 1 N–H and O–H groups in total. The molecule has 3 heterocycles. The lowest BCUT2D eigenvalue weighted by molar-refractivity contribution is -0.123. The predicted molar refractivity (Wildman–Crippen MR) is 185 cm³/mol. The van der Waals surface area contributed by atoms with Crippen molar-refractivity contribution in [2.75, 3.05) is 52.4 Å². The van der Waals surface area contributed by atoms with E-state index in [-0.39, 0.29) is 23.8 Å². The Hall–Kier alpha value is -5.39. The second-order valence-corrected chi connectivity index (χ2v) is 12.4. The zero-order chi connectivity index (χ0) is 33.9. The molecule has 5 aromatic rings. The molecule has 7 rings (SSSR count). The molecule has 250 valence electrons. The topological polar surface area (TPSA) is 100 Å². The maximum atomic E-state index is 15.7. The van der Waals surface area contributed by atoms with Crippen LogP contribution in [0.5, 0.6) is 11.5 Å². The fourth-order valence-electron chi connectivity index (χ4n) is 6.43. The minimum Gasteiger partial charge on any atom is -0.493 e. The van der Waals surface area contributed by atoms with Gasteiger partial charge < -0.3 is 24.6 Å². The van der Waals surface area contributed by atoms with E-state index in [0.29, 0.717) is 58.2 Å². The first kappa shape index (κ1) is 32.2. The number of carbonyl (C=O) groups is 2. The number of ketones is 1. The van der Waals surface area contributed by atoms with Crippen molar-refractivity contribution < 1.29 is 23.5 Å². The average molecular weight is 661 g/mol. The summed E-state index contributed by atoms with van der Waals surface area (Å²) in [6.45, 7) is 4.49. The van der Waals surface area contributed by atoms with E-state index in [9.17, 15) is 9.59 Å². The number of benzene rings is 4. The smallest absolute Gasteiger partial charge is 0.255 e. The molecule has 0 bridgehead atoms. The molecule has 10 nitrogen and oxygen atoms in total. The van der Waals surface area contributed by atoms with Gasteiger partial charge in [-0.2, -0.15) is 0 Å². The van der Waals surface area contributed by atoms with Crippen molar-refractivity contribution in [1.29, 1.82) is 0 Å². The van der Waals surface area contributed by atoms with Gasteiger partial charge in [0.25, 0.3) is 5.91 Å². The van der Waals surface area contributed by atoms with Gasteiger partial charge in [-0.3, -0.25) is 14.5 Å². The third-order valence-corrected chi connectivity index (χ3v) is 9.17. The zero-order valence-corrected chi connectivity index (χ0v) is 27.4. The molecule has 1 unspecified atom stereocenters. The van der Waals surface area contributed by atoms with E-state index in [1.54, 1.807) is 42.3 Å². The highest BCUT2D eigenvalue weighted by atomic mass is 19.1. The summed E-state index contributed by atoms with van der Waals surface area (Å²) < 4.78 is 27.4. The minimum absolute atomic E-state index is 0.0544. The number of nitrogens with zero attached hydrogens (tertiary/aromatic N) is 5. The zero-order valence-electron chi connectivity index (χ0n) is 27.4. The van der Waals surface area contributed by atoms with Crippen LogP contribution >= 0.6 is 0 Å². The number of ether oxygens (including phenoxy) is 2. The number of likely N-dealkylation sites (N-methyl/N-ethyl adjacent to an activating group) is 1. The lowest BCUT2D eigenvalue weighted by Gasteiger charge is -2.32. The largest absolute Gasteiger partial charge is 0.493 e. The Balaban J connectivity index is 1.10. The summed E-state index contributed by atoms with van der Waals surface area (Å²) in [6, 6.07) is 24.1. The summed E-state index contributed by atoms with van der Waals surface area (Å²) in [5.41, 5.74) is 3.49. The quantitative estimate of drug-likeness (QED) is 0.194. The molecule has 0 saturated carbocycles. The van der Waals surface area contributed by atoms with E-state index in [4.69, 9.17) is 9.47 Å². The fraction of sp³-hybridized carbons (Fsp3) is 0.263. The number of rotatable bonds is 11. The van der Waals surface area contributed by atoms with E-state index in [2.05, 4.69) is 32.1 Å². The summed E-state index contributed by atoms with van der Waals surface area (Å²) in [6.07, 6.45) is 1.35. The molecule has 1 amide bonds. The van der Waals surface area contributed by atoms with Crippen LogP contribution < -0.4 is 14.8 Å². The molecule has 49 heavy (non-hydrogen) atoms. The number of hydrogen-bond donors (Lipinski definition) is 1. The molecule has 11 heteroatoms. The second-order valence-electron chi connectivity index (χ2n) is 12.4. The summed E-state index contributed by atoms with van der Waals surface area (Å²) in [5, 5.41) is 3.74. The molecule has 2 aliphatic heterocycles. The van der Waals surface area contributed by atoms with Crippen LogP contribution in [0, 0.1) is 5.82 Å². The Labute approximate surface area is 284 Å². The number of hydrogen-bond acceptors (Lipinski definition) is 9. The molecular formula is C38H37FN6O4. The fourth-order valence-corrected chi connectivity index (χ4v) is 6.43. The predicted octanol–water partition coefficient (Wildman–Crippen LogP) is 5.61. The lowest BCUT2D eigenvalue weighted by atomic mass is 9.96. The van der Waals surface area contributed by atoms with Crippen molar-refractivity contribution in [3.05, 3.63) is 119 Å². The Morgan fingerprint density at radius 3 is 2.47 bits per heavy atom. The molecule has 1 fully saturated rings. The molecule has 1 aromatic heterocycles. The number of nitrogens with one attached hydrogen (secondary N) is 1. The van der Waals surface area contributed by atoms with Crippen LogP contribution in [0.2, 0.25) is 0 Å². The first-order chi connectivity index (χ1) is 23.9. The van der Waals surface area contributed by atoms with Gasteiger partial charge in [0.05, 0.1) is 18.3 Å². The molecule has 0 aliphatic carbocycles. The van der Waals surface area contributed by atoms with Gasteiger partial charge in [0.2, 0.25) is 0 Å². The van der Waals surface area contributed by atoms with Gasteiger partial charge in [0.1, 0.15) is 30.7 Å². The summed E-state index contributed by atoms with van der Waals surface area (Å²) >= 11 is 0. The van der Waals surface area contributed by atoms with Crippen molar-refractivity contribution in [3.63, 3.8) is 0 Å². The summed E-state index contributed by atoms with van der Waals surface area (Å²) in [7, 11) is 3.68. The number of anilines is 2. The lowest BCUT2D eigenvalue weighted by Crippen LogP contribution is -2.45. The van der Waals surface area contributed by atoms with E-state index in [0.717, 1.165) is 31.7 Å². The number of piperazine rings is 1. The first-order valence-electron chi connectivity index (χ1n) is 16.3. The van der Waals surface area contributed by atoms with E-state index >= 15 is 4.39 Å². The van der Waals surface area contributed by atoms with Gasteiger partial charge in [-0.25, -0.2) is 14.4 Å².